The fraction of sp³-hybridized carbons (Fsp3) is 0.182. The summed E-state index contributed by atoms with van der Waals surface area (Å²) in [6, 6.07) is 14.8. The van der Waals surface area contributed by atoms with Gasteiger partial charge in [0, 0.05) is 47.7 Å². The second kappa shape index (κ2) is 11.9. The molecule has 2 amide bonds. The van der Waals surface area contributed by atoms with Crippen molar-refractivity contribution in [3.63, 3.8) is 0 Å². The molecule has 0 saturated heterocycles. The monoisotopic (exact) mass is 474 g/mol. The van der Waals surface area contributed by atoms with Crippen LogP contribution in [0.2, 0.25) is 0 Å². The molecule has 2 aromatic rings. The Bertz CT molecular complexity index is 984. The number of amides is 2. The first-order valence-electron chi connectivity index (χ1n) is 9.75. The van der Waals surface area contributed by atoms with Crippen LogP contribution < -0.4 is 21.3 Å². The van der Waals surface area contributed by atoms with Crippen LogP contribution >= 0.6 is 24.8 Å². The Morgan fingerprint density at radius 1 is 0.750 bits per heavy atom. The summed E-state index contributed by atoms with van der Waals surface area (Å²) >= 11 is 0. The molecule has 0 aliphatic carbocycles. The van der Waals surface area contributed by atoms with Gasteiger partial charge in [0.05, 0.1) is 13.1 Å². The Morgan fingerprint density at radius 3 is 1.56 bits per heavy atom. The van der Waals surface area contributed by atoms with Gasteiger partial charge in [0.1, 0.15) is 11.7 Å². The molecule has 0 aromatic heterocycles. The lowest BCUT2D eigenvalue weighted by Crippen LogP contribution is -2.20. The highest BCUT2D eigenvalue weighted by molar-refractivity contribution is 6.08. The van der Waals surface area contributed by atoms with Gasteiger partial charge in [-0.05, 0) is 24.3 Å². The van der Waals surface area contributed by atoms with Crippen LogP contribution in [0.3, 0.4) is 0 Å². The maximum absolute atomic E-state index is 12.2. The summed E-state index contributed by atoms with van der Waals surface area (Å²) in [4.78, 5) is 33.1. The van der Waals surface area contributed by atoms with E-state index >= 15 is 0 Å². The first-order chi connectivity index (χ1) is 14.7. The smallest absolute Gasteiger partial charge is 0.248 e. The summed E-state index contributed by atoms with van der Waals surface area (Å²) in [5.74, 6) is 0.868. The molecular weight excluding hydrogens is 451 g/mol. The Balaban J connectivity index is 0.00000181. The molecular formula is C22H24Cl2N6O2. The molecule has 0 radical (unpaired) electrons. The van der Waals surface area contributed by atoms with Crippen molar-refractivity contribution >= 4 is 59.7 Å². The lowest BCUT2D eigenvalue weighted by atomic mass is 10.2. The van der Waals surface area contributed by atoms with E-state index in [4.69, 9.17) is 0 Å². The second-order valence-corrected chi connectivity index (χ2v) is 6.79. The third kappa shape index (κ3) is 6.57. The van der Waals surface area contributed by atoms with Gasteiger partial charge in [0.15, 0.2) is 0 Å². The van der Waals surface area contributed by atoms with Crippen molar-refractivity contribution in [3.8, 4) is 0 Å². The van der Waals surface area contributed by atoms with E-state index in [1.54, 1.807) is 12.1 Å². The molecule has 168 valence electrons. The molecule has 32 heavy (non-hydrogen) atoms. The minimum atomic E-state index is -0.387. The van der Waals surface area contributed by atoms with Crippen molar-refractivity contribution in [1.29, 1.82) is 0 Å². The van der Waals surface area contributed by atoms with Gasteiger partial charge in [-0.1, -0.05) is 24.3 Å². The number of halogens is 2. The number of amidine groups is 2. The summed E-state index contributed by atoms with van der Waals surface area (Å²) < 4.78 is 0. The minimum absolute atomic E-state index is 0. The predicted molar refractivity (Wildman–Crippen MR) is 133 cm³/mol. The Hall–Kier alpha value is -3.36. The number of hydrogen-bond donors (Lipinski definition) is 4. The molecule has 0 unspecified atom stereocenters. The van der Waals surface area contributed by atoms with Crippen LogP contribution in [0.25, 0.3) is 0 Å². The quantitative estimate of drug-likeness (QED) is 0.482. The molecule has 0 bridgehead atoms. The summed E-state index contributed by atoms with van der Waals surface area (Å²) in [6.07, 6.45) is 2.42. The van der Waals surface area contributed by atoms with Crippen LogP contribution in [-0.2, 0) is 9.59 Å². The number of anilines is 2. The number of nitrogens with one attached hydrogen (secondary N) is 4. The average molecular weight is 475 g/mol. The number of carbonyl (C=O) groups is 2. The molecule has 2 heterocycles. The lowest BCUT2D eigenvalue weighted by Gasteiger charge is -2.07. The van der Waals surface area contributed by atoms with Gasteiger partial charge in [-0.2, -0.15) is 0 Å². The molecule has 4 N–H and O–H groups in total. The predicted octanol–water partition coefficient (Wildman–Crippen LogP) is 2.36. The van der Waals surface area contributed by atoms with Gasteiger partial charge in [0.25, 0.3) is 0 Å². The van der Waals surface area contributed by atoms with E-state index in [0.29, 0.717) is 11.4 Å². The minimum Gasteiger partial charge on any atom is -0.368 e. The highest BCUT2D eigenvalue weighted by Gasteiger charge is 2.10. The maximum atomic E-state index is 12.2. The van der Waals surface area contributed by atoms with Crippen LogP contribution in [-0.4, -0.2) is 49.7 Å². The zero-order valence-electron chi connectivity index (χ0n) is 17.1. The zero-order chi connectivity index (χ0) is 20.8. The number of aliphatic imine (C=N–C) groups is 2. The first kappa shape index (κ1) is 24.9. The fourth-order valence-corrected chi connectivity index (χ4v) is 3.19. The van der Waals surface area contributed by atoms with Crippen molar-refractivity contribution in [2.45, 2.75) is 0 Å². The van der Waals surface area contributed by atoms with Crippen molar-refractivity contribution in [3.05, 3.63) is 71.8 Å². The molecule has 2 aliphatic heterocycles. The zero-order valence-corrected chi connectivity index (χ0v) is 18.8. The number of rotatable bonds is 6. The van der Waals surface area contributed by atoms with Crippen LogP contribution in [0.5, 0.6) is 0 Å². The average Bonchev–Trinajstić information content (AvgIpc) is 3.47. The van der Waals surface area contributed by atoms with Gasteiger partial charge >= 0.3 is 0 Å². The molecule has 8 nitrogen and oxygen atoms in total. The Kier molecular flexibility index (Phi) is 9.24. The molecule has 10 heteroatoms. The van der Waals surface area contributed by atoms with Crippen molar-refractivity contribution < 1.29 is 9.59 Å². The number of carbonyl (C=O) groups excluding carboxylic acids is 2. The highest BCUT2D eigenvalue weighted by Crippen LogP contribution is 2.13. The highest BCUT2D eigenvalue weighted by atomic mass is 35.5. The SMILES string of the molecule is Cl.Cl.O=C(C=CC(=O)Nc1cccc(C2=NCCN2)c1)Nc1cccc(C2=NCCN2)c1. The van der Waals surface area contributed by atoms with Crippen molar-refractivity contribution in [2.24, 2.45) is 9.98 Å². The van der Waals surface area contributed by atoms with E-state index in [1.165, 1.54) is 12.2 Å². The van der Waals surface area contributed by atoms with Gasteiger partial charge in [0.2, 0.25) is 11.8 Å². The van der Waals surface area contributed by atoms with E-state index in [1.807, 2.05) is 36.4 Å². The molecule has 2 aromatic carbocycles. The van der Waals surface area contributed by atoms with Crippen LogP contribution in [0, 0.1) is 0 Å². The standard InChI is InChI=1S/C22H22N6O2.2ClH/c29-19(27-17-5-1-3-15(13-17)21-23-9-10-24-21)7-8-20(30)28-18-6-2-4-16(14-18)22-25-11-12-26-22;;/h1-8,13-14H,9-12H2,(H,23,24)(H,25,26)(H,27,29)(H,28,30);2*1H. The van der Waals surface area contributed by atoms with Gasteiger partial charge in [-0.15, -0.1) is 24.8 Å². The second-order valence-electron chi connectivity index (χ2n) is 6.79. The maximum Gasteiger partial charge on any atom is 0.248 e. The molecule has 0 fully saturated rings. The van der Waals surface area contributed by atoms with Gasteiger partial charge in [-0.25, -0.2) is 0 Å². The molecule has 0 saturated carbocycles. The van der Waals surface area contributed by atoms with Crippen molar-refractivity contribution in [1.82, 2.24) is 10.6 Å². The van der Waals surface area contributed by atoms with Crippen LogP contribution in [0.4, 0.5) is 11.4 Å². The van der Waals surface area contributed by atoms with Gasteiger partial charge < -0.3 is 21.3 Å². The Morgan fingerprint density at radius 2 is 1.19 bits per heavy atom. The molecule has 2 aliphatic rings. The first-order valence-corrected chi connectivity index (χ1v) is 9.75. The van der Waals surface area contributed by atoms with E-state index in [9.17, 15) is 9.59 Å². The van der Waals surface area contributed by atoms with E-state index < -0.39 is 0 Å². The third-order valence-electron chi connectivity index (χ3n) is 4.54. The number of nitrogens with zero attached hydrogens (tertiary/aromatic N) is 2. The molecule has 0 spiro atoms. The topological polar surface area (TPSA) is 107 Å². The van der Waals surface area contributed by atoms with Gasteiger partial charge in [-0.3, -0.25) is 19.6 Å². The van der Waals surface area contributed by atoms with E-state index in [2.05, 4.69) is 31.3 Å². The van der Waals surface area contributed by atoms with Crippen LogP contribution in [0.1, 0.15) is 11.1 Å². The summed E-state index contributed by atoms with van der Waals surface area (Å²) in [5.41, 5.74) is 3.09. The summed E-state index contributed by atoms with van der Waals surface area (Å²) in [6.45, 7) is 3.13. The number of hydrogen-bond acceptors (Lipinski definition) is 6. The Labute approximate surface area is 198 Å². The summed E-state index contributed by atoms with van der Waals surface area (Å²) in [5, 5.41) is 11.9. The molecule has 4 rings (SSSR count). The summed E-state index contributed by atoms with van der Waals surface area (Å²) in [7, 11) is 0. The third-order valence-corrected chi connectivity index (χ3v) is 4.54. The largest absolute Gasteiger partial charge is 0.368 e. The van der Waals surface area contributed by atoms with E-state index in [0.717, 1.165) is 49.0 Å². The number of benzene rings is 2. The van der Waals surface area contributed by atoms with E-state index in [-0.39, 0.29) is 36.6 Å². The molecule has 0 atom stereocenters. The van der Waals surface area contributed by atoms with Crippen molar-refractivity contribution in [2.75, 3.05) is 36.8 Å². The normalized spacial score (nSPS) is 14.2. The van der Waals surface area contributed by atoms with Crippen LogP contribution in [0.15, 0.2) is 70.7 Å². The lowest BCUT2D eigenvalue weighted by molar-refractivity contribution is -0.114. The fourth-order valence-electron chi connectivity index (χ4n) is 3.19.